The van der Waals surface area contributed by atoms with Crippen LogP contribution in [0.25, 0.3) is 5.52 Å². The van der Waals surface area contributed by atoms with Gasteiger partial charge in [-0.05, 0) is 49.2 Å². The number of hydrogen-bond donors (Lipinski definition) is 1. The Hall–Kier alpha value is -2.40. The van der Waals surface area contributed by atoms with E-state index in [4.69, 9.17) is 4.74 Å². The number of rotatable bonds is 5. The van der Waals surface area contributed by atoms with Gasteiger partial charge in [0, 0.05) is 16.7 Å². The topological polar surface area (TPSA) is 50.9 Å². The molecule has 0 aliphatic carbocycles. The summed E-state index contributed by atoms with van der Waals surface area (Å²) in [7, 11) is 0. The predicted molar refractivity (Wildman–Crippen MR) is 99.7 cm³/mol. The van der Waals surface area contributed by atoms with Crippen molar-refractivity contribution in [1.82, 2.24) is 4.40 Å². The van der Waals surface area contributed by atoms with Gasteiger partial charge in [-0.15, -0.1) is 0 Å². The monoisotopic (exact) mass is 355 g/mol. The Balaban J connectivity index is 2.21. The van der Waals surface area contributed by atoms with Crippen LogP contribution in [0.5, 0.6) is 5.75 Å². The number of phenols is 1. The van der Waals surface area contributed by atoms with Gasteiger partial charge in [-0.3, -0.25) is 0 Å². The Morgan fingerprint density at radius 3 is 2.56 bits per heavy atom. The van der Waals surface area contributed by atoms with E-state index in [9.17, 15) is 9.90 Å². The first-order valence-corrected chi connectivity index (χ1v) is 9.11. The van der Waals surface area contributed by atoms with Crippen LogP contribution in [-0.4, -0.2) is 22.1 Å². The van der Waals surface area contributed by atoms with Crippen LogP contribution in [-0.2, 0) is 4.74 Å². The third-order valence-corrected chi connectivity index (χ3v) is 5.06. The molecule has 1 N–H and O–H groups in total. The van der Waals surface area contributed by atoms with E-state index in [1.807, 2.05) is 47.9 Å². The van der Waals surface area contributed by atoms with Crippen molar-refractivity contribution < 1.29 is 14.6 Å². The fourth-order valence-electron chi connectivity index (χ4n) is 2.88. The number of fused-ring (bicyclic) bond motifs is 1. The molecule has 3 rings (SSSR count). The number of aromatic hydroxyl groups is 1. The average Bonchev–Trinajstić information content (AvgIpc) is 2.92. The lowest BCUT2D eigenvalue weighted by molar-refractivity contribution is 0.0527. The van der Waals surface area contributed by atoms with Crippen LogP contribution >= 0.6 is 11.8 Å². The Morgan fingerprint density at radius 1 is 1.20 bits per heavy atom. The summed E-state index contributed by atoms with van der Waals surface area (Å²) in [5, 5.41) is 10.5. The van der Waals surface area contributed by atoms with E-state index in [0.29, 0.717) is 12.2 Å². The Bertz CT molecular complexity index is 897. The highest BCUT2D eigenvalue weighted by Crippen LogP contribution is 2.40. The van der Waals surface area contributed by atoms with E-state index in [-0.39, 0.29) is 17.6 Å². The quantitative estimate of drug-likeness (QED) is 0.647. The van der Waals surface area contributed by atoms with Gasteiger partial charge in [0.15, 0.2) is 0 Å². The maximum absolute atomic E-state index is 12.6. The van der Waals surface area contributed by atoms with Crippen molar-refractivity contribution in [2.45, 2.75) is 36.6 Å². The molecule has 2 heterocycles. The molecule has 0 amide bonds. The summed E-state index contributed by atoms with van der Waals surface area (Å²) in [4.78, 5) is 13.6. The molecule has 0 aliphatic rings. The van der Waals surface area contributed by atoms with Gasteiger partial charge < -0.3 is 14.2 Å². The predicted octanol–water partition coefficient (Wildman–Crippen LogP) is 5.10. The van der Waals surface area contributed by atoms with Gasteiger partial charge in [-0.2, -0.15) is 0 Å². The van der Waals surface area contributed by atoms with E-state index in [1.54, 1.807) is 23.9 Å². The summed E-state index contributed by atoms with van der Waals surface area (Å²) < 4.78 is 7.35. The summed E-state index contributed by atoms with van der Waals surface area (Å²) in [6.07, 6.45) is 1.96. The van der Waals surface area contributed by atoms with Crippen molar-refractivity contribution in [1.29, 1.82) is 0 Å². The lowest BCUT2D eigenvalue weighted by Gasteiger charge is -2.11. The normalized spacial score (nSPS) is 11.2. The number of carbonyl (C=O) groups is 1. The van der Waals surface area contributed by atoms with E-state index in [2.05, 4.69) is 13.8 Å². The third-order valence-electron chi connectivity index (χ3n) is 3.94. The zero-order valence-corrected chi connectivity index (χ0v) is 15.3. The van der Waals surface area contributed by atoms with Crippen LogP contribution in [0.15, 0.2) is 58.6 Å². The van der Waals surface area contributed by atoms with Crippen molar-refractivity contribution in [3.63, 3.8) is 0 Å². The maximum atomic E-state index is 12.6. The van der Waals surface area contributed by atoms with Gasteiger partial charge in [0.1, 0.15) is 5.75 Å². The van der Waals surface area contributed by atoms with Crippen molar-refractivity contribution >= 4 is 23.2 Å². The summed E-state index contributed by atoms with van der Waals surface area (Å²) in [6.45, 7) is 6.33. The maximum Gasteiger partial charge on any atom is 0.340 e. The smallest absolute Gasteiger partial charge is 0.340 e. The van der Waals surface area contributed by atoms with Crippen LogP contribution in [0.4, 0.5) is 0 Å². The summed E-state index contributed by atoms with van der Waals surface area (Å²) >= 11 is 1.58. The van der Waals surface area contributed by atoms with Crippen molar-refractivity contribution in [3.8, 4) is 5.75 Å². The molecule has 130 valence electrons. The molecule has 0 fully saturated rings. The molecule has 0 bridgehead atoms. The summed E-state index contributed by atoms with van der Waals surface area (Å²) in [6, 6.07) is 12.9. The van der Waals surface area contributed by atoms with Crippen LogP contribution in [0.1, 0.15) is 42.6 Å². The van der Waals surface area contributed by atoms with E-state index in [1.165, 1.54) is 0 Å². The van der Waals surface area contributed by atoms with Crippen LogP contribution in [0.3, 0.4) is 0 Å². The van der Waals surface area contributed by atoms with Gasteiger partial charge in [0.05, 0.1) is 22.7 Å². The molecule has 0 atom stereocenters. The number of ether oxygens (including phenoxy) is 1. The highest BCUT2D eigenvalue weighted by Gasteiger charge is 2.26. The average molecular weight is 355 g/mol. The lowest BCUT2D eigenvalue weighted by atomic mass is 10.0. The van der Waals surface area contributed by atoms with Crippen molar-refractivity contribution in [2.24, 2.45) is 0 Å². The molecule has 5 heteroatoms. The molecule has 1 aromatic carbocycles. The zero-order chi connectivity index (χ0) is 18.0. The Morgan fingerprint density at radius 2 is 1.92 bits per heavy atom. The number of esters is 1. The highest BCUT2D eigenvalue weighted by atomic mass is 32.2. The fraction of sp³-hybridized carbons (Fsp3) is 0.250. The number of pyridine rings is 1. The molecule has 3 aromatic rings. The fourth-order valence-corrected chi connectivity index (χ4v) is 4.08. The first-order valence-electron chi connectivity index (χ1n) is 8.29. The number of nitrogens with zero attached hydrogens (tertiary/aromatic N) is 1. The van der Waals surface area contributed by atoms with Crippen LogP contribution in [0.2, 0.25) is 0 Å². The molecule has 0 radical (unpaired) electrons. The zero-order valence-electron chi connectivity index (χ0n) is 14.5. The summed E-state index contributed by atoms with van der Waals surface area (Å²) in [5.74, 6) is 0.118. The largest absolute Gasteiger partial charge is 0.508 e. The standard InChI is InChI=1S/C20H21NO3S/c1-4-24-20(23)18-16-7-5-6-12-21(16)19(17(18)13(2)3)25-15-10-8-14(22)9-11-15/h5-13,22H,4H2,1-3H3. The highest BCUT2D eigenvalue weighted by molar-refractivity contribution is 7.99. The lowest BCUT2D eigenvalue weighted by Crippen LogP contribution is -2.07. The Labute approximate surface area is 151 Å². The second-order valence-electron chi connectivity index (χ2n) is 6.02. The molecule has 0 unspecified atom stereocenters. The summed E-state index contributed by atoms with van der Waals surface area (Å²) in [5.41, 5.74) is 2.48. The van der Waals surface area contributed by atoms with E-state index >= 15 is 0 Å². The minimum absolute atomic E-state index is 0.166. The molecule has 2 aromatic heterocycles. The molecular weight excluding hydrogens is 334 g/mol. The number of benzene rings is 1. The van der Waals surface area contributed by atoms with Crippen LogP contribution in [0, 0.1) is 0 Å². The van der Waals surface area contributed by atoms with Crippen molar-refractivity contribution in [3.05, 3.63) is 59.8 Å². The molecule has 25 heavy (non-hydrogen) atoms. The van der Waals surface area contributed by atoms with E-state index in [0.717, 1.165) is 21.0 Å². The van der Waals surface area contributed by atoms with Gasteiger partial charge in [-0.1, -0.05) is 31.7 Å². The molecule has 4 nitrogen and oxygen atoms in total. The van der Waals surface area contributed by atoms with Gasteiger partial charge in [-0.25, -0.2) is 4.79 Å². The third kappa shape index (κ3) is 3.37. The van der Waals surface area contributed by atoms with Gasteiger partial charge in [0.2, 0.25) is 0 Å². The molecule has 0 saturated carbocycles. The van der Waals surface area contributed by atoms with Gasteiger partial charge >= 0.3 is 5.97 Å². The minimum atomic E-state index is -0.285. The van der Waals surface area contributed by atoms with Crippen LogP contribution < -0.4 is 0 Å². The minimum Gasteiger partial charge on any atom is -0.508 e. The van der Waals surface area contributed by atoms with Crippen molar-refractivity contribution in [2.75, 3.05) is 6.61 Å². The second-order valence-corrected chi connectivity index (χ2v) is 7.08. The Kier molecular flexibility index (Phi) is 5.04. The molecular formula is C20H21NO3S. The molecule has 0 saturated heterocycles. The second kappa shape index (κ2) is 7.23. The number of hydrogen-bond acceptors (Lipinski definition) is 4. The molecule has 0 aliphatic heterocycles. The SMILES string of the molecule is CCOC(=O)c1c(C(C)C)c(Sc2ccc(O)cc2)n2ccccc12. The van der Waals surface area contributed by atoms with Gasteiger partial charge in [0.25, 0.3) is 0 Å². The number of carbonyl (C=O) groups excluding carboxylic acids is 1. The van der Waals surface area contributed by atoms with E-state index < -0.39 is 0 Å². The number of phenolic OH excluding ortho intramolecular Hbond substituents is 1. The first-order chi connectivity index (χ1) is 12.0. The number of aromatic nitrogens is 1. The first kappa shape index (κ1) is 17.4. The molecule has 0 spiro atoms.